The van der Waals surface area contributed by atoms with Crippen LogP contribution in [0.3, 0.4) is 0 Å². The Hall–Kier alpha value is -3.86. The van der Waals surface area contributed by atoms with Crippen molar-refractivity contribution in [2.45, 2.75) is 19.4 Å². The maximum Gasteiger partial charge on any atom is 0.300 e. The van der Waals surface area contributed by atoms with Gasteiger partial charge in [-0.15, -0.1) is 0 Å². The molecular formula is C26H21NO4. The number of carbonyl (C=O) groups excluding carboxylic acids is 2. The number of aliphatic hydroxyl groups is 1. The van der Waals surface area contributed by atoms with Gasteiger partial charge in [0, 0.05) is 17.7 Å². The molecule has 2 aliphatic heterocycles. The zero-order chi connectivity index (χ0) is 21.5. The van der Waals surface area contributed by atoms with Crippen molar-refractivity contribution in [1.29, 1.82) is 0 Å². The fourth-order valence-corrected chi connectivity index (χ4v) is 4.32. The Labute approximate surface area is 180 Å². The van der Waals surface area contributed by atoms with Gasteiger partial charge >= 0.3 is 0 Å². The molecule has 0 bridgehead atoms. The van der Waals surface area contributed by atoms with Crippen molar-refractivity contribution in [3.8, 4) is 5.75 Å². The van der Waals surface area contributed by atoms with Crippen LogP contribution in [0, 0.1) is 6.92 Å². The monoisotopic (exact) mass is 411 g/mol. The second kappa shape index (κ2) is 7.43. The number of Topliss-reactive ketones (excluding diaryl/α,β-unsaturated/α-hetero) is 1. The number of ketones is 1. The number of benzene rings is 3. The number of ether oxygens (including phenoxy) is 1. The molecule has 1 atom stereocenters. The number of anilines is 1. The lowest BCUT2D eigenvalue weighted by atomic mass is 9.94. The van der Waals surface area contributed by atoms with E-state index in [1.54, 1.807) is 18.2 Å². The summed E-state index contributed by atoms with van der Waals surface area (Å²) in [6, 6.07) is 21.4. The van der Waals surface area contributed by atoms with Gasteiger partial charge < -0.3 is 9.84 Å². The SMILES string of the molecule is Cc1cccc(N2C(=O)C(=O)/C(=C(\O)c3ccc4c(c3)CCO4)C2c2ccccc2)c1. The van der Waals surface area contributed by atoms with Gasteiger partial charge in [-0.2, -0.15) is 0 Å². The molecule has 0 saturated carbocycles. The molecule has 0 radical (unpaired) electrons. The number of fused-ring (bicyclic) bond motifs is 1. The highest BCUT2D eigenvalue weighted by Gasteiger charge is 2.47. The second-order valence-electron chi connectivity index (χ2n) is 7.84. The molecule has 0 aromatic heterocycles. The Morgan fingerprint density at radius 1 is 1.00 bits per heavy atom. The van der Waals surface area contributed by atoms with Gasteiger partial charge in [-0.25, -0.2) is 0 Å². The number of aliphatic hydroxyl groups excluding tert-OH is 1. The number of aryl methyl sites for hydroxylation is 1. The summed E-state index contributed by atoms with van der Waals surface area (Å²) in [7, 11) is 0. The van der Waals surface area contributed by atoms with E-state index in [4.69, 9.17) is 4.74 Å². The molecule has 1 unspecified atom stereocenters. The molecule has 1 N–H and O–H groups in total. The van der Waals surface area contributed by atoms with Gasteiger partial charge in [-0.05, 0) is 53.9 Å². The number of amides is 1. The third-order valence-electron chi connectivity index (χ3n) is 5.80. The van der Waals surface area contributed by atoms with E-state index in [-0.39, 0.29) is 11.3 Å². The summed E-state index contributed by atoms with van der Waals surface area (Å²) in [6.45, 7) is 2.53. The van der Waals surface area contributed by atoms with Gasteiger partial charge in [-0.1, -0.05) is 42.5 Å². The van der Waals surface area contributed by atoms with E-state index >= 15 is 0 Å². The van der Waals surface area contributed by atoms with Crippen molar-refractivity contribution >= 4 is 23.1 Å². The second-order valence-corrected chi connectivity index (χ2v) is 7.84. The molecule has 31 heavy (non-hydrogen) atoms. The van der Waals surface area contributed by atoms with Crippen LogP contribution >= 0.6 is 0 Å². The average Bonchev–Trinajstić information content (AvgIpc) is 3.36. The first-order valence-electron chi connectivity index (χ1n) is 10.2. The molecule has 1 fully saturated rings. The lowest BCUT2D eigenvalue weighted by Crippen LogP contribution is -2.29. The van der Waals surface area contributed by atoms with Gasteiger partial charge in [0.15, 0.2) is 0 Å². The zero-order valence-corrected chi connectivity index (χ0v) is 17.0. The summed E-state index contributed by atoms with van der Waals surface area (Å²) in [5, 5.41) is 11.2. The molecule has 0 aliphatic carbocycles. The first-order chi connectivity index (χ1) is 15.0. The standard InChI is InChI=1S/C26H21NO4/c1-16-6-5-9-20(14-16)27-23(17-7-3-2-4-8-17)22(25(29)26(27)30)24(28)19-10-11-21-18(15-19)12-13-31-21/h2-11,14-15,23,28H,12-13H2,1H3/b24-22-. The van der Waals surface area contributed by atoms with Crippen molar-refractivity contribution in [3.63, 3.8) is 0 Å². The quantitative estimate of drug-likeness (QED) is 0.390. The number of nitrogens with zero attached hydrogens (tertiary/aromatic N) is 1. The van der Waals surface area contributed by atoms with E-state index in [2.05, 4.69) is 0 Å². The number of hydrogen-bond acceptors (Lipinski definition) is 4. The van der Waals surface area contributed by atoms with Crippen molar-refractivity contribution < 1.29 is 19.4 Å². The minimum Gasteiger partial charge on any atom is -0.507 e. The van der Waals surface area contributed by atoms with E-state index in [9.17, 15) is 14.7 Å². The predicted molar refractivity (Wildman–Crippen MR) is 118 cm³/mol. The predicted octanol–water partition coefficient (Wildman–Crippen LogP) is 4.56. The van der Waals surface area contributed by atoms with Gasteiger partial charge in [-0.3, -0.25) is 14.5 Å². The fraction of sp³-hybridized carbons (Fsp3) is 0.154. The lowest BCUT2D eigenvalue weighted by molar-refractivity contribution is -0.132. The van der Waals surface area contributed by atoms with Gasteiger partial charge in [0.05, 0.1) is 18.2 Å². The normalized spacial score (nSPS) is 19.4. The van der Waals surface area contributed by atoms with Crippen LogP contribution in [0.5, 0.6) is 5.75 Å². The summed E-state index contributed by atoms with van der Waals surface area (Å²) in [6.07, 6.45) is 0.746. The summed E-state index contributed by atoms with van der Waals surface area (Å²) in [5.74, 6) is -0.719. The van der Waals surface area contributed by atoms with Crippen LogP contribution in [-0.4, -0.2) is 23.4 Å². The molecule has 5 nitrogen and oxygen atoms in total. The molecule has 2 heterocycles. The van der Waals surface area contributed by atoms with Crippen LogP contribution in [0.4, 0.5) is 5.69 Å². The van der Waals surface area contributed by atoms with E-state index in [1.165, 1.54) is 4.90 Å². The highest BCUT2D eigenvalue weighted by atomic mass is 16.5. The third-order valence-corrected chi connectivity index (χ3v) is 5.80. The molecule has 154 valence electrons. The fourth-order valence-electron chi connectivity index (χ4n) is 4.32. The van der Waals surface area contributed by atoms with Crippen molar-refractivity contribution in [3.05, 3.63) is 101 Å². The van der Waals surface area contributed by atoms with Crippen LogP contribution in [0.1, 0.15) is 28.3 Å². The van der Waals surface area contributed by atoms with Gasteiger partial charge in [0.2, 0.25) is 0 Å². The zero-order valence-electron chi connectivity index (χ0n) is 17.0. The molecule has 5 rings (SSSR count). The molecule has 3 aromatic rings. The largest absolute Gasteiger partial charge is 0.507 e. The van der Waals surface area contributed by atoms with Crippen LogP contribution in [0.15, 0.2) is 78.4 Å². The Bertz CT molecular complexity index is 1230. The lowest BCUT2D eigenvalue weighted by Gasteiger charge is -2.25. The van der Waals surface area contributed by atoms with E-state index in [1.807, 2.05) is 61.5 Å². The van der Waals surface area contributed by atoms with Crippen molar-refractivity contribution in [2.75, 3.05) is 11.5 Å². The summed E-state index contributed by atoms with van der Waals surface area (Å²) < 4.78 is 5.55. The molecule has 1 saturated heterocycles. The van der Waals surface area contributed by atoms with Crippen LogP contribution in [0.2, 0.25) is 0 Å². The van der Waals surface area contributed by atoms with Crippen LogP contribution in [0.25, 0.3) is 5.76 Å². The van der Waals surface area contributed by atoms with E-state index in [0.29, 0.717) is 17.9 Å². The highest BCUT2D eigenvalue weighted by molar-refractivity contribution is 6.51. The Morgan fingerprint density at radius 3 is 2.58 bits per heavy atom. The molecule has 3 aromatic carbocycles. The molecule has 2 aliphatic rings. The first kappa shape index (κ1) is 19.1. The van der Waals surface area contributed by atoms with E-state index < -0.39 is 17.7 Å². The average molecular weight is 411 g/mol. The summed E-state index contributed by atoms with van der Waals surface area (Å²) in [5.41, 5.74) is 3.94. The first-order valence-corrected chi connectivity index (χ1v) is 10.2. The van der Waals surface area contributed by atoms with Gasteiger partial charge in [0.1, 0.15) is 11.5 Å². The topological polar surface area (TPSA) is 66.8 Å². The third kappa shape index (κ3) is 3.19. The Morgan fingerprint density at radius 2 is 1.81 bits per heavy atom. The summed E-state index contributed by atoms with van der Waals surface area (Å²) in [4.78, 5) is 27.8. The minimum absolute atomic E-state index is 0.0940. The number of hydrogen-bond donors (Lipinski definition) is 1. The maximum atomic E-state index is 13.2. The number of carbonyl (C=O) groups is 2. The van der Waals surface area contributed by atoms with Crippen molar-refractivity contribution in [1.82, 2.24) is 0 Å². The Kier molecular flexibility index (Phi) is 4.59. The van der Waals surface area contributed by atoms with Gasteiger partial charge in [0.25, 0.3) is 11.7 Å². The van der Waals surface area contributed by atoms with E-state index in [0.717, 1.165) is 28.9 Å². The Balaban J connectivity index is 1.70. The van der Waals surface area contributed by atoms with Crippen LogP contribution in [-0.2, 0) is 16.0 Å². The molecule has 5 heteroatoms. The molecule has 1 amide bonds. The van der Waals surface area contributed by atoms with Crippen molar-refractivity contribution in [2.24, 2.45) is 0 Å². The molecule has 0 spiro atoms. The maximum absolute atomic E-state index is 13.2. The highest BCUT2D eigenvalue weighted by Crippen LogP contribution is 2.42. The summed E-state index contributed by atoms with van der Waals surface area (Å²) >= 11 is 0. The minimum atomic E-state index is -0.715. The smallest absolute Gasteiger partial charge is 0.300 e. The number of rotatable bonds is 3. The van der Waals surface area contributed by atoms with Crippen LogP contribution < -0.4 is 9.64 Å². The molecular weight excluding hydrogens is 390 g/mol.